The zero-order valence-corrected chi connectivity index (χ0v) is 14.4. The molecule has 1 heterocycles. The molecule has 128 valence electrons. The third kappa shape index (κ3) is 5.24. The molecular formula is C21H21NO3. The van der Waals surface area contributed by atoms with Crippen molar-refractivity contribution in [3.05, 3.63) is 78.5 Å². The maximum atomic E-state index is 5.77. The molecule has 1 unspecified atom stereocenters. The fourth-order valence-corrected chi connectivity index (χ4v) is 2.27. The second kappa shape index (κ2) is 8.20. The van der Waals surface area contributed by atoms with Crippen LogP contribution < -0.4 is 14.2 Å². The van der Waals surface area contributed by atoms with Gasteiger partial charge in [0.15, 0.2) is 0 Å². The Kier molecular flexibility index (Phi) is 5.52. The summed E-state index contributed by atoms with van der Waals surface area (Å²) in [6, 6.07) is 22.9. The fraction of sp³-hybridized carbons (Fsp3) is 0.190. The van der Waals surface area contributed by atoms with Crippen molar-refractivity contribution in [3.63, 3.8) is 0 Å². The van der Waals surface area contributed by atoms with E-state index in [1.807, 2.05) is 86.6 Å². The van der Waals surface area contributed by atoms with Crippen molar-refractivity contribution < 1.29 is 14.2 Å². The lowest BCUT2D eigenvalue weighted by Crippen LogP contribution is -2.21. The summed E-state index contributed by atoms with van der Waals surface area (Å²) < 4.78 is 17.3. The van der Waals surface area contributed by atoms with Crippen LogP contribution in [-0.2, 0) is 0 Å². The van der Waals surface area contributed by atoms with Crippen molar-refractivity contribution in [1.82, 2.24) is 4.98 Å². The lowest BCUT2D eigenvalue weighted by Gasteiger charge is -2.15. The molecule has 0 fully saturated rings. The van der Waals surface area contributed by atoms with Gasteiger partial charge in [-0.05, 0) is 56.3 Å². The lowest BCUT2D eigenvalue weighted by atomic mass is 10.3. The van der Waals surface area contributed by atoms with E-state index in [4.69, 9.17) is 14.2 Å². The van der Waals surface area contributed by atoms with Crippen LogP contribution in [0.15, 0.2) is 72.8 Å². The third-order valence-corrected chi connectivity index (χ3v) is 3.47. The number of pyridine rings is 1. The van der Waals surface area contributed by atoms with Gasteiger partial charge in [-0.1, -0.05) is 24.3 Å². The maximum absolute atomic E-state index is 5.77. The van der Waals surface area contributed by atoms with Gasteiger partial charge in [0.1, 0.15) is 30.0 Å². The van der Waals surface area contributed by atoms with Crippen molar-refractivity contribution in [2.75, 3.05) is 6.61 Å². The van der Waals surface area contributed by atoms with E-state index in [9.17, 15) is 0 Å². The highest BCUT2D eigenvalue weighted by Gasteiger charge is 2.07. The number of ether oxygens (including phenoxy) is 3. The molecule has 0 aliphatic carbocycles. The first-order valence-corrected chi connectivity index (χ1v) is 8.25. The molecule has 1 aromatic heterocycles. The molecule has 0 saturated carbocycles. The van der Waals surface area contributed by atoms with Gasteiger partial charge in [-0.15, -0.1) is 0 Å². The Morgan fingerprint density at radius 2 is 1.48 bits per heavy atom. The Hall–Kier alpha value is -3.01. The largest absolute Gasteiger partial charge is 0.490 e. The van der Waals surface area contributed by atoms with Crippen molar-refractivity contribution in [3.8, 4) is 23.1 Å². The van der Waals surface area contributed by atoms with Gasteiger partial charge in [-0.2, -0.15) is 0 Å². The summed E-state index contributed by atoms with van der Waals surface area (Å²) in [5.74, 6) is 2.96. The highest BCUT2D eigenvalue weighted by molar-refractivity contribution is 5.35. The Morgan fingerprint density at radius 3 is 2.20 bits per heavy atom. The van der Waals surface area contributed by atoms with Gasteiger partial charge in [0.25, 0.3) is 0 Å². The van der Waals surface area contributed by atoms with Gasteiger partial charge in [-0.3, -0.25) is 0 Å². The molecule has 4 heteroatoms. The van der Waals surface area contributed by atoms with Crippen LogP contribution >= 0.6 is 0 Å². The average Bonchev–Trinajstić information content (AvgIpc) is 2.62. The first kappa shape index (κ1) is 16.8. The number of nitrogens with zero attached hydrogens (tertiary/aromatic N) is 1. The monoisotopic (exact) mass is 335 g/mol. The van der Waals surface area contributed by atoms with Crippen molar-refractivity contribution in [1.29, 1.82) is 0 Å². The minimum absolute atomic E-state index is 0.102. The standard InChI is InChI=1S/C21H21NO3/c1-16-7-6-10-21(22-16)24-17(2)15-23-18-11-13-20(14-12-18)25-19-8-4-3-5-9-19/h3-14,17H,15H2,1-2H3. The Bertz CT molecular complexity index is 788. The van der Waals surface area contributed by atoms with E-state index >= 15 is 0 Å². The van der Waals surface area contributed by atoms with E-state index in [1.165, 1.54) is 0 Å². The Morgan fingerprint density at radius 1 is 0.800 bits per heavy atom. The number of aromatic nitrogens is 1. The number of aryl methyl sites for hydroxylation is 1. The highest BCUT2D eigenvalue weighted by Crippen LogP contribution is 2.23. The Labute approximate surface area is 148 Å². The molecule has 0 aliphatic heterocycles. The molecular weight excluding hydrogens is 314 g/mol. The number of hydrogen-bond donors (Lipinski definition) is 0. The third-order valence-electron chi connectivity index (χ3n) is 3.47. The van der Waals surface area contributed by atoms with E-state index in [0.29, 0.717) is 12.5 Å². The number of para-hydroxylation sites is 1. The van der Waals surface area contributed by atoms with Crippen LogP contribution in [-0.4, -0.2) is 17.7 Å². The van der Waals surface area contributed by atoms with E-state index in [1.54, 1.807) is 0 Å². The fourth-order valence-electron chi connectivity index (χ4n) is 2.27. The molecule has 25 heavy (non-hydrogen) atoms. The van der Waals surface area contributed by atoms with Crippen LogP contribution in [0.5, 0.6) is 23.1 Å². The molecule has 0 N–H and O–H groups in total. The zero-order valence-electron chi connectivity index (χ0n) is 14.4. The first-order valence-electron chi connectivity index (χ1n) is 8.25. The summed E-state index contributed by atoms with van der Waals surface area (Å²) in [5, 5.41) is 0. The van der Waals surface area contributed by atoms with Crippen LogP contribution in [0.1, 0.15) is 12.6 Å². The van der Waals surface area contributed by atoms with Crippen LogP contribution in [0.3, 0.4) is 0 Å². The quantitative estimate of drug-likeness (QED) is 0.607. The molecule has 0 aliphatic rings. The molecule has 0 saturated heterocycles. The Balaban J connectivity index is 1.49. The predicted molar refractivity (Wildman–Crippen MR) is 97.5 cm³/mol. The minimum Gasteiger partial charge on any atom is -0.490 e. The molecule has 4 nitrogen and oxygen atoms in total. The van der Waals surface area contributed by atoms with Gasteiger partial charge in [-0.25, -0.2) is 4.98 Å². The second-order valence-electron chi connectivity index (χ2n) is 5.74. The summed E-state index contributed by atoms with van der Waals surface area (Å²) in [7, 11) is 0. The van der Waals surface area contributed by atoms with Gasteiger partial charge in [0.05, 0.1) is 0 Å². The SMILES string of the molecule is Cc1cccc(OC(C)COc2ccc(Oc3ccccc3)cc2)n1. The maximum Gasteiger partial charge on any atom is 0.213 e. The summed E-state index contributed by atoms with van der Waals surface area (Å²) in [5.41, 5.74) is 0.930. The second-order valence-corrected chi connectivity index (χ2v) is 5.74. The van der Waals surface area contributed by atoms with Crippen molar-refractivity contribution in [2.45, 2.75) is 20.0 Å². The normalized spacial score (nSPS) is 11.6. The smallest absolute Gasteiger partial charge is 0.213 e. The molecule has 3 aromatic rings. The van der Waals surface area contributed by atoms with Gasteiger partial charge in [0, 0.05) is 11.8 Å². The summed E-state index contributed by atoms with van der Waals surface area (Å²) in [6.45, 7) is 4.33. The summed E-state index contributed by atoms with van der Waals surface area (Å²) in [4.78, 5) is 4.33. The lowest BCUT2D eigenvalue weighted by molar-refractivity contribution is 0.138. The number of hydrogen-bond acceptors (Lipinski definition) is 4. The van der Waals surface area contributed by atoms with E-state index in [2.05, 4.69) is 4.98 Å². The van der Waals surface area contributed by atoms with Crippen LogP contribution in [0.25, 0.3) is 0 Å². The molecule has 3 rings (SSSR count). The van der Waals surface area contributed by atoms with E-state index < -0.39 is 0 Å². The van der Waals surface area contributed by atoms with Crippen molar-refractivity contribution in [2.24, 2.45) is 0 Å². The van der Waals surface area contributed by atoms with Gasteiger partial charge < -0.3 is 14.2 Å². The van der Waals surface area contributed by atoms with Gasteiger partial charge >= 0.3 is 0 Å². The van der Waals surface area contributed by atoms with E-state index in [0.717, 1.165) is 22.9 Å². The molecule has 0 bridgehead atoms. The van der Waals surface area contributed by atoms with Crippen LogP contribution in [0, 0.1) is 6.92 Å². The average molecular weight is 335 g/mol. The predicted octanol–water partition coefficient (Wildman–Crippen LogP) is 5.03. The highest BCUT2D eigenvalue weighted by atomic mass is 16.5. The van der Waals surface area contributed by atoms with Crippen LogP contribution in [0.2, 0.25) is 0 Å². The topological polar surface area (TPSA) is 40.6 Å². The molecule has 0 radical (unpaired) electrons. The summed E-state index contributed by atoms with van der Waals surface area (Å²) in [6.07, 6.45) is -0.102. The summed E-state index contributed by atoms with van der Waals surface area (Å²) >= 11 is 0. The first-order chi connectivity index (χ1) is 12.2. The van der Waals surface area contributed by atoms with Gasteiger partial charge in [0.2, 0.25) is 5.88 Å². The molecule has 2 aromatic carbocycles. The zero-order chi connectivity index (χ0) is 17.5. The minimum atomic E-state index is -0.102. The molecule has 0 amide bonds. The molecule has 1 atom stereocenters. The van der Waals surface area contributed by atoms with Crippen LogP contribution in [0.4, 0.5) is 0 Å². The number of benzene rings is 2. The van der Waals surface area contributed by atoms with Crippen molar-refractivity contribution >= 4 is 0 Å². The molecule has 0 spiro atoms. The van der Waals surface area contributed by atoms with E-state index in [-0.39, 0.29) is 6.10 Å². The number of rotatable bonds is 7.